The first-order valence-corrected chi connectivity index (χ1v) is 5.47. The molecule has 0 atom stereocenters. The molecule has 0 fully saturated rings. The first-order chi connectivity index (χ1) is 8.56. The summed E-state index contributed by atoms with van der Waals surface area (Å²) in [4.78, 5) is 22.5. The molecule has 0 bridgehead atoms. The number of aryl methyl sites for hydroxylation is 1. The van der Waals surface area contributed by atoms with Crippen molar-refractivity contribution in [3.05, 3.63) is 23.8 Å². The standard InChI is InChI=1S/C12H17N3O3/c1-8-4-5-9(10(6-8)18-3)15-12(17)14-7-11(16)13-2/h4-6H,7H2,1-3H3,(H,13,16)(H2,14,15,17). The number of anilines is 1. The number of benzene rings is 1. The summed E-state index contributed by atoms with van der Waals surface area (Å²) in [6.07, 6.45) is 0. The van der Waals surface area contributed by atoms with Crippen LogP contribution in [0.25, 0.3) is 0 Å². The van der Waals surface area contributed by atoms with Crippen molar-refractivity contribution in [1.82, 2.24) is 10.6 Å². The van der Waals surface area contributed by atoms with Gasteiger partial charge in [0, 0.05) is 7.05 Å². The molecule has 0 saturated carbocycles. The quantitative estimate of drug-likeness (QED) is 0.743. The molecule has 0 radical (unpaired) electrons. The van der Waals surface area contributed by atoms with Crippen molar-refractivity contribution in [1.29, 1.82) is 0 Å². The Morgan fingerprint density at radius 3 is 2.67 bits per heavy atom. The number of urea groups is 1. The van der Waals surface area contributed by atoms with E-state index >= 15 is 0 Å². The van der Waals surface area contributed by atoms with Crippen LogP contribution in [0.4, 0.5) is 10.5 Å². The van der Waals surface area contributed by atoms with Gasteiger partial charge in [0.1, 0.15) is 5.75 Å². The van der Waals surface area contributed by atoms with E-state index in [4.69, 9.17) is 4.74 Å². The highest BCUT2D eigenvalue weighted by atomic mass is 16.5. The Kier molecular flexibility index (Phi) is 4.98. The molecular weight excluding hydrogens is 234 g/mol. The number of hydrogen-bond acceptors (Lipinski definition) is 3. The van der Waals surface area contributed by atoms with Gasteiger partial charge >= 0.3 is 6.03 Å². The highest BCUT2D eigenvalue weighted by Crippen LogP contribution is 2.24. The van der Waals surface area contributed by atoms with Crippen LogP contribution < -0.4 is 20.7 Å². The number of carbonyl (C=O) groups is 2. The van der Waals surface area contributed by atoms with Crippen LogP contribution >= 0.6 is 0 Å². The van der Waals surface area contributed by atoms with Gasteiger partial charge in [0.15, 0.2) is 0 Å². The molecule has 3 N–H and O–H groups in total. The SMILES string of the molecule is CNC(=O)CNC(=O)Nc1ccc(C)cc1OC. The molecule has 0 heterocycles. The van der Waals surface area contributed by atoms with Crippen LogP contribution in [0.2, 0.25) is 0 Å². The Balaban J connectivity index is 2.61. The number of ether oxygens (including phenoxy) is 1. The minimum absolute atomic E-state index is 0.0729. The molecular formula is C12H17N3O3. The van der Waals surface area contributed by atoms with Crippen molar-refractivity contribution >= 4 is 17.6 Å². The maximum absolute atomic E-state index is 11.5. The monoisotopic (exact) mass is 251 g/mol. The van der Waals surface area contributed by atoms with Crippen molar-refractivity contribution in [3.63, 3.8) is 0 Å². The van der Waals surface area contributed by atoms with E-state index in [1.54, 1.807) is 6.07 Å². The third-order valence-electron chi connectivity index (χ3n) is 2.29. The maximum atomic E-state index is 11.5. The van der Waals surface area contributed by atoms with Crippen molar-refractivity contribution in [2.75, 3.05) is 26.0 Å². The molecule has 6 heteroatoms. The number of rotatable bonds is 4. The van der Waals surface area contributed by atoms with Crippen LogP contribution in [0.3, 0.4) is 0 Å². The van der Waals surface area contributed by atoms with E-state index < -0.39 is 6.03 Å². The number of methoxy groups -OCH3 is 1. The second-order valence-electron chi connectivity index (χ2n) is 3.68. The number of carbonyl (C=O) groups excluding carboxylic acids is 2. The molecule has 1 aromatic rings. The molecule has 18 heavy (non-hydrogen) atoms. The van der Waals surface area contributed by atoms with Crippen molar-refractivity contribution in [2.24, 2.45) is 0 Å². The van der Waals surface area contributed by atoms with Gasteiger partial charge in [0.2, 0.25) is 5.91 Å². The molecule has 6 nitrogen and oxygen atoms in total. The lowest BCUT2D eigenvalue weighted by molar-refractivity contribution is -0.119. The normalized spacial score (nSPS) is 9.50. The van der Waals surface area contributed by atoms with Crippen LogP contribution in [0, 0.1) is 6.92 Å². The Bertz CT molecular complexity index is 446. The Morgan fingerprint density at radius 1 is 1.33 bits per heavy atom. The van der Waals surface area contributed by atoms with Crippen LogP contribution in [0.15, 0.2) is 18.2 Å². The van der Waals surface area contributed by atoms with E-state index in [9.17, 15) is 9.59 Å². The van der Waals surface area contributed by atoms with Gasteiger partial charge < -0.3 is 20.7 Å². The van der Waals surface area contributed by atoms with E-state index in [1.165, 1.54) is 14.2 Å². The molecule has 0 saturated heterocycles. The van der Waals surface area contributed by atoms with Gasteiger partial charge in [-0.25, -0.2) is 4.79 Å². The summed E-state index contributed by atoms with van der Waals surface area (Å²) >= 11 is 0. The maximum Gasteiger partial charge on any atom is 0.319 e. The zero-order valence-corrected chi connectivity index (χ0v) is 10.7. The lowest BCUT2D eigenvalue weighted by atomic mass is 10.2. The van der Waals surface area contributed by atoms with Gasteiger partial charge in [-0.05, 0) is 24.6 Å². The first kappa shape index (κ1) is 13.8. The molecule has 1 rings (SSSR count). The highest BCUT2D eigenvalue weighted by molar-refractivity contribution is 5.93. The van der Waals surface area contributed by atoms with Crippen molar-refractivity contribution < 1.29 is 14.3 Å². The predicted octanol–water partition coefficient (Wildman–Crippen LogP) is 0.871. The van der Waals surface area contributed by atoms with Crippen molar-refractivity contribution in [3.8, 4) is 5.75 Å². The average molecular weight is 251 g/mol. The van der Waals surface area contributed by atoms with Gasteiger partial charge in [0.25, 0.3) is 0 Å². The van der Waals surface area contributed by atoms with Crippen LogP contribution in [-0.4, -0.2) is 32.6 Å². The Labute approximate surface area is 106 Å². The number of hydrogen-bond donors (Lipinski definition) is 3. The zero-order valence-electron chi connectivity index (χ0n) is 10.7. The minimum atomic E-state index is -0.458. The molecule has 1 aromatic carbocycles. The number of likely N-dealkylation sites (N-methyl/N-ethyl adjacent to an activating group) is 1. The molecule has 0 aliphatic carbocycles. The Morgan fingerprint density at radius 2 is 2.06 bits per heavy atom. The number of nitrogens with one attached hydrogen (secondary N) is 3. The third-order valence-corrected chi connectivity index (χ3v) is 2.29. The van der Waals surface area contributed by atoms with Gasteiger partial charge in [0.05, 0.1) is 19.3 Å². The minimum Gasteiger partial charge on any atom is -0.495 e. The zero-order chi connectivity index (χ0) is 13.5. The summed E-state index contributed by atoms with van der Waals surface area (Å²) in [5.74, 6) is 0.311. The Hall–Kier alpha value is -2.24. The summed E-state index contributed by atoms with van der Waals surface area (Å²) in [7, 11) is 3.04. The van der Waals surface area contributed by atoms with Crippen LogP contribution in [0.5, 0.6) is 5.75 Å². The van der Waals surface area contributed by atoms with Crippen LogP contribution in [-0.2, 0) is 4.79 Å². The summed E-state index contributed by atoms with van der Waals surface area (Å²) < 4.78 is 5.15. The molecule has 0 aromatic heterocycles. The lowest BCUT2D eigenvalue weighted by Gasteiger charge is -2.11. The van der Waals surface area contributed by atoms with E-state index in [-0.39, 0.29) is 12.5 Å². The third kappa shape index (κ3) is 3.97. The predicted molar refractivity (Wildman–Crippen MR) is 68.8 cm³/mol. The fourth-order valence-electron chi connectivity index (χ4n) is 1.32. The summed E-state index contributed by atoms with van der Waals surface area (Å²) in [5, 5.41) is 7.45. The van der Waals surface area contributed by atoms with E-state index in [0.717, 1.165) is 5.56 Å². The van der Waals surface area contributed by atoms with Gasteiger partial charge in [-0.1, -0.05) is 6.07 Å². The van der Waals surface area contributed by atoms with Crippen molar-refractivity contribution in [2.45, 2.75) is 6.92 Å². The van der Waals surface area contributed by atoms with E-state index in [1.807, 2.05) is 19.1 Å². The topological polar surface area (TPSA) is 79.5 Å². The molecule has 98 valence electrons. The fraction of sp³-hybridized carbons (Fsp3) is 0.333. The molecule has 0 aliphatic rings. The van der Waals surface area contributed by atoms with Gasteiger partial charge in [-0.2, -0.15) is 0 Å². The summed E-state index contributed by atoms with van der Waals surface area (Å²) in [6, 6.07) is 4.96. The van der Waals surface area contributed by atoms with Gasteiger partial charge in [-0.15, -0.1) is 0 Å². The lowest BCUT2D eigenvalue weighted by Crippen LogP contribution is -2.37. The summed E-state index contributed by atoms with van der Waals surface area (Å²) in [5.41, 5.74) is 1.58. The number of amides is 3. The second kappa shape index (κ2) is 6.48. The molecule has 0 spiro atoms. The summed E-state index contributed by atoms with van der Waals surface area (Å²) in [6.45, 7) is 1.86. The molecule has 0 unspecified atom stereocenters. The van der Waals surface area contributed by atoms with E-state index in [0.29, 0.717) is 11.4 Å². The highest BCUT2D eigenvalue weighted by Gasteiger charge is 2.08. The fourth-order valence-corrected chi connectivity index (χ4v) is 1.32. The van der Waals surface area contributed by atoms with Gasteiger partial charge in [-0.3, -0.25) is 4.79 Å². The largest absolute Gasteiger partial charge is 0.495 e. The molecule has 3 amide bonds. The van der Waals surface area contributed by atoms with E-state index in [2.05, 4.69) is 16.0 Å². The first-order valence-electron chi connectivity index (χ1n) is 5.47. The molecule has 0 aliphatic heterocycles. The van der Waals surface area contributed by atoms with Crippen LogP contribution in [0.1, 0.15) is 5.56 Å². The second-order valence-corrected chi connectivity index (χ2v) is 3.68. The average Bonchev–Trinajstić information content (AvgIpc) is 2.37. The smallest absolute Gasteiger partial charge is 0.319 e.